The second-order valence-corrected chi connectivity index (χ2v) is 5.54. The first kappa shape index (κ1) is 14.6. The van der Waals surface area contributed by atoms with E-state index in [0.717, 1.165) is 37.0 Å². The summed E-state index contributed by atoms with van der Waals surface area (Å²) in [4.78, 5) is 10.9. The summed E-state index contributed by atoms with van der Waals surface area (Å²) >= 11 is 0. The van der Waals surface area contributed by atoms with Crippen molar-refractivity contribution in [1.29, 1.82) is 0 Å². The van der Waals surface area contributed by atoms with E-state index in [1.165, 1.54) is 12.0 Å². The lowest BCUT2D eigenvalue weighted by Gasteiger charge is -2.23. The molecule has 1 aromatic carbocycles. The van der Waals surface area contributed by atoms with Crippen molar-refractivity contribution in [2.45, 2.75) is 44.9 Å². The standard InChI is InChI=1S/C16H21NO3/c1-11(16(18)19)13-8-6-12(7-9-13)10-14-4-2-3-5-15(14)17-20/h6-9,11,14,20H,2-5,10H2,1H3,(H,18,19)/b17-15-/t11-,14-/m0/s1. The number of oxime groups is 1. The van der Waals surface area contributed by atoms with E-state index in [2.05, 4.69) is 5.16 Å². The van der Waals surface area contributed by atoms with Crippen molar-refractivity contribution in [3.8, 4) is 0 Å². The number of hydrogen-bond donors (Lipinski definition) is 2. The van der Waals surface area contributed by atoms with E-state index in [1.54, 1.807) is 6.92 Å². The van der Waals surface area contributed by atoms with Gasteiger partial charge in [-0.1, -0.05) is 35.8 Å². The minimum atomic E-state index is -0.806. The fourth-order valence-electron chi connectivity index (χ4n) is 2.79. The average molecular weight is 275 g/mol. The van der Waals surface area contributed by atoms with Gasteiger partial charge in [-0.15, -0.1) is 0 Å². The Labute approximate surface area is 119 Å². The van der Waals surface area contributed by atoms with E-state index in [4.69, 9.17) is 10.3 Å². The number of hydrogen-bond acceptors (Lipinski definition) is 3. The van der Waals surface area contributed by atoms with Crippen LogP contribution in [0.25, 0.3) is 0 Å². The SMILES string of the molecule is C[C@H](C(=O)O)c1ccc(C[C@@H]2CCCC/C2=N/O)cc1. The molecule has 0 heterocycles. The molecule has 20 heavy (non-hydrogen) atoms. The number of carboxylic acid groups (broad SMARTS) is 1. The Bertz CT molecular complexity index is 493. The highest BCUT2D eigenvalue weighted by atomic mass is 16.4. The molecule has 1 fully saturated rings. The topological polar surface area (TPSA) is 69.9 Å². The number of nitrogens with zero attached hydrogens (tertiary/aromatic N) is 1. The monoisotopic (exact) mass is 275 g/mol. The molecule has 0 radical (unpaired) electrons. The molecule has 0 unspecified atom stereocenters. The van der Waals surface area contributed by atoms with E-state index in [9.17, 15) is 4.79 Å². The zero-order valence-corrected chi connectivity index (χ0v) is 11.7. The molecule has 4 nitrogen and oxygen atoms in total. The van der Waals surface area contributed by atoms with Gasteiger partial charge < -0.3 is 10.3 Å². The van der Waals surface area contributed by atoms with Crippen LogP contribution in [0.4, 0.5) is 0 Å². The lowest BCUT2D eigenvalue weighted by molar-refractivity contribution is -0.138. The molecular weight excluding hydrogens is 254 g/mol. The fraction of sp³-hybridized carbons (Fsp3) is 0.500. The highest BCUT2D eigenvalue weighted by Crippen LogP contribution is 2.26. The van der Waals surface area contributed by atoms with Gasteiger partial charge in [0.2, 0.25) is 0 Å². The van der Waals surface area contributed by atoms with Crippen molar-refractivity contribution in [2.24, 2.45) is 11.1 Å². The van der Waals surface area contributed by atoms with Crippen LogP contribution in [-0.4, -0.2) is 22.0 Å². The largest absolute Gasteiger partial charge is 0.481 e. The van der Waals surface area contributed by atoms with Crippen molar-refractivity contribution in [1.82, 2.24) is 0 Å². The lowest BCUT2D eigenvalue weighted by Crippen LogP contribution is -2.21. The zero-order chi connectivity index (χ0) is 14.5. The predicted molar refractivity (Wildman–Crippen MR) is 77.4 cm³/mol. The summed E-state index contributed by atoms with van der Waals surface area (Å²) in [7, 11) is 0. The Morgan fingerprint density at radius 3 is 2.65 bits per heavy atom. The summed E-state index contributed by atoms with van der Waals surface area (Å²) in [6.45, 7) is 1.69. The van der Waals surface area contributed by atoms with Crippen molar-refractivity contribution in [2.75, 3.05) is 0 Å². The summed E-state index contributed by atoms with van der Waals surface area (Å²) in [6, 6.07) is 7.73. The Morgan fingerprint density at radius 2 is 2.05 bits per heavy atom. The number of carbonyl (C=O) groups is 1. The molecule has 0 spiro atoms. The molecule has 0 aromatic heterocycles. The van der Waals surface area contributed by atoms with Crippen molar-refractivity contribution >= 4 is 11.7 Å². The number of rotatable bonds is 4. The number of aliphatic carboxylic acids is 1. The summed E-state index contributed by atoms with van der Waals surface area (Å²) in [5.74, 6) is -0.968. The van der Waals surface area contributed by atoms with Crippen LogP contribution >= 0.6 is 0 Å². The summed E-state index contributed by atoms with van der Waals surface area (Å²) in [5, 5.41) is 21.5. The van der Waals surface area contributed by atoms with Gasteiger partial charge in [0.1, 0.15) is 0 Å². The first-order valence-electron chi connectivity index (χ1n) is 7.14. The van der Waals surface area contributed by atoms with Crippen LogP contribution in [0.5, 0.6) is 0 Å². The van der Waals surface area contributed by atoms with Gasteiger partial charge in [-0.2, -0.15) is 0 Å². The zero-order valence-electron chi connectivity index (χ0n) is 11.7. The van der Waals surface area contributed by atoms with Gasteiger partial charge in [0.15, 0.2) is 0 Å². The molecule has 2 rings (SSSR count). The Morgan fingerprint density at radius 1 is 1.35 bits per heavy atom. The maximum Gasteiger partial charge on any atom is 0.310 e. The van der Waals surface area contributed by atoms with Gasteiger partial charge in [-0.25, -0.2) is 0 Å². The van der Waals surface area contributed by atoms with Crippen molar-refractivity contribution < 1.29 is 15.1 Å². The Balaban J connectivity index is 2.05. The van der Waals surface area contributed by atoms with Gasteiger partial charge in [0.05, 0.1) is 11.6 Å². The maximum absolute atomic E-state index is 10.9. The number of carboxylic acids is 1. The molecule has 2 atom stereocenters. The average Bonchev–Trinajstić information content (AvgIpc) is 2.48. The minimum Gasteiger partial charge on any atom is -0.481 e. The molecule has 1 aliphatic carbocycles. The molecule has 0 aliphatic heterocycles. The molecule has 4 heteroatoms. The van der Waals surface area contributed by atoms with E-state index in [0.29, 0.717) is 5.92 Å². The fourth-order valence-corrected chi connectivity index (χ4v) is 2.79. The van der Waals surface area contributed by atoms with Crippen LogP contribution in [0.2, 0.25) is 0 Å². The molecule has 0 bridgehead atoms. The number of benzene rings is 1. The third-order valence-corrected chi connectivity index (χ3v) is 4.17. The third-order valence-electron chi connectivity index (χ3n) is 4.17. The summed E-state index contributed by atoms with van der Waals surface area (Å²) in [6.07, 6.45) is 5.09. The van der Waals surface area contributed by atoms with Crippen molar-refractivity contribution in [3.63, 3.8) is 0 Å². The molecule has 2 N–H and O–H groups in total. The smallest absolute Gasteiger partial charge is 0.310 e. The van der Waals surface area contributed by atoms with Crippen LogP contribution in [0.15, 0.2) is 29.4 Å². The molecule has 1 aromatic rings. The van der Waals surface area contributed by atoms with Gasteiger partial charge in [0, 0.05) is 5.92 Å². The minimum absolute atomic E-state index is 0.316. The van der Waals surface area contributed by atoms with E-state index < -0.39 is 11.9 Å². The van der Waals surface area contributed by atoms with Gasteiger partial charge in [-0.05, 0) is 43.7 Å². The molecule has 108 valence electrons. The summed E-state index contributed by atoms with van der Waals surface area (Å²) < 4.78 is 0. The molecular formula is C16H21NO3. The first-order chi connectivity index (χ1) is 9.61. The van der Waals surface area contributed by atoms with Crippen LogP contribution < -0.4 is 0 Å². The van der Waals surface area contributed by atoms with Gasteiger partial charge in [-0.3, -0.25) is 4.79 Å². The van der Waals surface area contributed by atoms with Crippen LogP contribution in [0.3, 0.4) is 0 Å². The Hall–Kier alpha value is -1.84. The second kappa shape index (κ2) is 6.55. The quantitative estimate of drug-likeness (QED) is 0.653. The predicted octanol–water partition coefficient (Wildman–Crippen LogP) is 3.44. The summed E-state index contributed by atoms with van der Waals surface area (Å²) in [5.41, 5.74) is 2.89. The molecule has 1 saturated carbocycles. The van der Waals surface area contributed by atoms with Crippen LogP contribution in [0.1, 0.15) is 49.7 Å². The van der Waals surface area contributed by atoms with Crippen LogP contribution in [0, 0.1) is 5.92 Å². The van der Waals surface area contributed by atoms with E-state index >= 15 is 0 Å². The highest BCUT2D eigenvalue weighted by Gasteiger charge is 2.21. The first-order valence-corrected chi connectivity index (χ1v) is 7.14. The van der Waals surface area contributed by atoms with Crippen molar-refractivity contribution in [3.05, 3.63) is 35.4 Å². The normalized spacial score (nSPS) is 22.6. The molecule has 0 amide bonds. The van der Waals surface area contributed by atoms with Gasteiger partial charge in [0.25, 0.3) is 0 Å². The van der Waals surface area contributed by atoms with E-state index in [-0.39, 0.29) is 0 Å². The Kier molecular flexibility index (Phi) is 4.77. The second-order valence-electron chi connectivity index (χ2n) is 5.54. The van der Waals surface area contributed by atoms with Gasteiger partial charge >= 0.3 is 5.97 Å². The van der Waals surface area contributed by atoms with E-state index in [1.807, 2.05) is 24.3 Å². The maximum atomic E-state index is 10.9. The molecule has 0 saturated heterocycles. The molecule has 1 aliphatic rings. The lowest BCUT2D eigenvalue weighted by atomic mass is 9.83. The third kappa shape index (κ3) is 3.38. The highest BCUT2D eigenvalue weighted by molar-refractivity contribution is 5.87. The van der Waals surface area contributed by atoms with Crippen LogP contribution in [-0.2, 0) is 11.2 Å².